The molecule has 2 aliphatic heterocycles. The Morgan fingerprint density at radius 3 is 2.54 bits per heavy atom. The molecule has 0 spiro atoms. The molecule has 2 aliphatic rings. The van der Waals surface area contributed by atoms with Crippen molar-refractivity contribution in [2.75, 3.05) is 64.7 Å². The fraction of sp³-hybridized carbons (Fsp3) is 0.944. The molecule has 140 valence electrons. The molecular formula is C18H37N5S. The van der Waals surface area contributed by atoms with Crippen molar-refractivity contribution in [3.8, 4) is 0 Å². The number of nitrogens with zero attached hydrogens (tertiary/aromatic N) is 3. The molecule has 5 nitrogen and oxygen atoms in total. The average molecular weight is 356 g/mol. The van der Waals surface area contributed by atoms with E-state index < -0.39 is 0 Å². The van der Waals surface area contributed by atoms with Crippen LogP contribution in [0.2, 0.25) is 0 Å². The number of likely N-dealkylation sites (N-methyl/N-ethyl adjacent to an activating group) is 1. The maximum Gasteiger partial charge on any atom is 0.191 e. The Kier molecular flexibility index (Phi) is 9.92. The van der Waals surface area contributed by atoms with Gasteiger partial charge >= 0.3 is 0 Å². The van der Waals surface area contributed by atoms with E-state index >= 15 is 0 Å². The Morgan fingerprint density at radius 1 is 1.08 bits per heavy atom. The monoisotopic (exact) mass is 355 g/mol. The third-order valence-corrected chi connectivity index (χ3v) is 6.31. The van der Waals surface area contributed by atoms with Crippen LogP contribution in [0.5, 0.6) is 0 Å². The maximum atomic E-state index is 4.76. The molecule has 2 fully saturated rings. The number of rotatable bonds is 9. The summed E-state index contributed by atoms with van der Waals surface area (Å²) in [4.78, 5) is 9.91. The molecule has 6 heteroatoms. The van der Waals surface area contributed by atoms with Gasteiger partial charge in [-0.05, 0) is 51.4 Å². The molecule has 2 rings (SSSR count). The van der Waals surface area contributed by atoms with Gasteiger partial charge in [0.15, 0.2) is 5.96 Å². The number of piperazine rings is 1. The number of unbranched alkanes of at least 4 members (excludes halogenated alkanes) is 1. The SMILES string of the molecule is CCNC(=NCC1CCCS1)NCCCCN1CCN(CC)CC1. The topological polar surface area (TPSA) is 42.9 Å². The van der Waals surface area contributed by atoms with E-state index in [1.165, 1.54) is 70.7 Å². The van der Waals surface area contributed by atoms with Gasteiger partial charge in [0.25, 0.3) is 0 Å². The van der Waals surface area contributed by atoms with E-state index in [4.69, 9.17) is 4.99 Å². The summed E-state index contributed by atoms with van der Waals surface area (Å²) in [7, 11) is 0. The molecule has 2 saturated heterocycles. The summed E-state index contributed by atoms with van der Waals surface area (Å²) in [6.45, 7) is 14.7. The van der Waals surface area contributed by atoms with Gasteiger partial charge in [-0.15, -0.1) is 0 Å². The summed E-state index contributed by atoms with van der Waals surface area (Å²) in [6.07, 6.45) is 5.19. The van der Waals surface area contributed by atoms with Crippen LogP contribution in [0.4, 0.5) is 0 Å². The second kappa shape index (κ2) is 12.0. The van der Waals surface area contributed by atoms with Gasteiger partial charge in [-0.3, -0.25) is 4.99 Å². The van der Waals surface area contributed by atoms with E-state index in [1.54, 1.807) is 0 Å². The molecule has 2 heterocycles. The van der Waals surface area contributed by atoms with Crippen molar-refractivity contribution in [2.24, 2.45) is 4.99 Å². The molecule has 0 saturated carbocycles. The molecule has 0 aromatic heterocycles. The van der Waals surface area contributed by atoms with Gasteiger partial charge in [0.05, 0.1) is 6.54 Å². The van der Waals surface area contributed by atoms with E-state index in [0.29, 0.717) is 0 Å². The lowest BCUT2D eigenvalue weighted by molar-refractivity contribution is 0.136. The van der Waals surface area contributed by atoms with Crippen molar-refractivity contribution in [1.29, 1.82) is 0 Å². The molecule has 0 aromatic rings. The van der Waals surface area contributed by atoms with Crippen LogP contribution in [0.3, 0.4) is 0 Å². The fourth-order valence-corrected chi connectivity index (χ4v) is 4.50. The molecule has 0 amide bonds. The maximum absolute atomic E-state index is 4.76. The van der Waals surface area contributed by atoms with Crippen molar-refractivity contribution < 1.29 is 0 Å². The zero-order valence-corrected chi connectivity index (χ0v) is 16.5. The van der Waals surface area contributed by atoms with Crippen molar-refractivity contribution in [3.63, 3.8) is 0 Å². The van der Waals surface area contributed by atoms with Crippen molar-refractivity contribution in [3.05, 3.63) is 0 Å². The van der Waals surface area contributed by atoms with Gasteiger partial charge in [-0.1, -0.05) is 6.92 Å². The number of hydrogen-bond acceptors (Lipinski definition) is 4. The van der Waals surface area contributed by atoms with E-state index in [-0.39, 0.29) is 0 Å². The first-order valence-electron chi connectivity index (χ1n) is 9.90. The first-order chi connectivity index (χ1) is 11.8. The minimum Gasteiger partial charge on any atom is -0.357 e. The largest absolute Gasteiger partial charge is 0.357 e. The third kappa shape index (κ3) is 7.62. The normalized spacial score (nSPS) is 23.6. The highest BCUT2D eigenvalue weighted by molar-refractivity contribution is 8.00. The minimum absolute atomic E-state index is 0.738. The molecule has 1 unspecified atom stereocenters. The highest BCUT2D eigenvalue weighted by Crippen LogP contribution is 2.25. The van der Waals surface area contributed by atoms with Crippen LogP contribution in [0.15, 0.2) is 4.99 Å². The van der Waals surface area contributed by atoms with Crippen molar-refractivity contribution >= 4 is 17.7 Å². The number of aliphatic imine (C=N–C) groups is 1. The van der Waals surface area contributed by atoms with Gasteiger partial charge < -0.3 is 20.4 Å². The lowest BCUT2D eigenvalue weighted by atomic mass is 10.2. The van der Waals surface area contributed by atoms with E-state index in [0.717, 1.165) is 30.8 Å². The third-order valence-electron chi connectivity index (χ3n) is 4.93. The van der Waals surface area contributed by atoms with E-state index in [2.05, 4.69) is 46.0 Å². The van der Waals surface area contributed by atoms with Gasteiger partial charge in [-0.25, -0.2) is 0 Å². The standard InChI is InChI=1S/C18H37N5S/c1-3-19-18(21-16-17-8-7-15-24-17)20-9-5-6-10-23-13-11-22(4-2)12-14-23/h17H,3-16H2,1-2H3,(H2,19,20,21). The van der Waals surface area contributed by atoms with Crippen LogP contribution in [-0.2, 0) is 0 Å². The lowest BCUT2D eigenvalue weighted by Gasteiger charge is -2.34. The van der Waals surface area contributed by atoms with Crippen molar-refractivity contribution in [2.45, 2.75) is 44.8 Å². The van der Waals surface area contributed by atoms with Crippen LogP contribution in [0, 0.1) is 0 Å². The Balaban J connectivity index is 1.54. The van der Waals surface area contributed by atoms with E-state index in [9.17, 15) is 0 Å². The van der Waals surface area contributed by atoms with Gasteiger partial charge in [-0.2, -0.15) is 11.8 Å². The molecular weight excluding hydrogens is 318 g/mol. The molecule has 0 radical (unpaired) electrons. The summed E-state index contributed by atoms with van der Waals surface area (Å²) >= 11 is 2.08. The molecule has 0 bridgehead atoms. The number of hydrogen-bond donors (Lipinski definition) is 2. The minimum atomic E-state index is 0.738. The smallest absolute Gasteiger partial charge is 0.191 e. The second-order valence-corrected chi connectivity index (χ2v) is 8.17. The summed E-state index contributed by atoms with van der Waals surface area (Å²) in [5, 5.41) is 7.61. The lowest BCUT2D eigenvalue weighted by Crippen LogP contribution is -2.46. The zero-order valence-electron chi connectivity index (χ0n) is 15.7. The highest BCUT2D eigenvalue weighted by atomic mass is 32.2. The highest BCUT2D eigenvalue weighted by Gasteiger charge is 2.15. The fourth-order valence-electron chi connectivity index (χ4n) is 3.32. The second-order valence-electron chi connectivity index (χ2n) is 6.76. The van der Waals surface area contributed by atoms with Crippen LogP contribution in [-0.4, -0.2) is 85.7 Å². The van der Waals surface area contributed by atoms with Crippen LogP contribution in [0.1, 0.15) is 39.5 Å². The van der Waals surface area contributed by atoms with Gasteiger partial charge in [0, 0.05) is 44.5 Å². The Labute approximate surface area is 153 Å². The molecule has 0 aliphatic carbocycles. The molecule has 1 atom stereocenters. The van der Waals surface area contributed by atoms with Gasteiger partial charge in [0.1, 0.15) is 0 Å². The first-order valence-corrected chi connectivity index (χ1v) is 10.9. The van der Waals surface area contributed by atoms with Crippen molar-refractivity contribution in [1.82, 2.24) is 20.4 Å². The number of guanidine groups is 1. The summed E-state index contributed by atoms with van der Waals surface area (Å²) in [6, 6.07) is 0. The Hall–Kier alpha value is -0.460. The summed E-state index contributed by atoms with van der Waals surface area (Å²) < 4.78 is 0. The van der Waals surface area contributed by atoms with Crippen LogP contribution >= 0.6 is 11.8 Å². The van der Waals surface area contributed by atoms with Crippen LogP contribution < -0.4 is 10.6 Å². The molecule has 24 heavy (non-hydrogen) atoms. The Morgan fingerprint density at radius 2 is 1.88 bits per heavy atom. The average Bonchev–Trinajstić information content (AvgIpc) is 3.13. The van der Waals surface area contributed by atoms with E-state index in [1.807, 2.05) is 0 Å². The van der Waals surface area contributed by atoms with Crippen LogP contribution in [0.25, 0.3) is 0 Å². The summed E-state index contributed by atoms with van der Waals surface area (Å²) in [5.74, 6) is 2.32. The predicted octanol–water partition coefficient (Wildman–Crippen LogP) is 1.85. The molecule has 2 N–H and O–H groups in total. The molecule has 0 aromatic carbocycles. The van der Waals surface area contributed by atoms with Gasteiger partial charge in [0.2, 0.25) is 0 Å². The number of nitrogens with one attached hydrogen (secondary N) is 2. The zero-order chi connectivity index (χ0) is 17.0. The quantitative estimate of drug-likeness (QED) is 0.375. The first kappa shape index (κ1) is 19.9. The summed E-state index contributed by atoms with van der Waals surface area (Å²) in [5.41, 5.74) is 0. The predicted molar refractivity (Wildman–Crippen MR) is 107 cm³/mol. The number of thioether (sulfide) groups is 1. The Bertz CT molecular complexity index is 349.